The molecule has 18 heavy (non-hydrogen) atoms. The van der Waals surface area contributed by atoms with E-state index in [-0.39, 0.29) is 13.0 Å². The average molecular weight is 253 g/mol. The highest BCUT2D eigenvalue weighted by Gasteiger charge is 2.43. The topological polar surface area (TPSA) is 66.8 Å². The standard InChI is InChI=1S/C12H12FNO4/c1-12(6-10(15)16)7-14(11(17)18-12)9-4-2-8(13)3-5-9/h2-5H,6-7H2,1H3,(H,15,16). The van der Waals surface area contributed by atoms with Gasteiger partial charge in [-0.25, -0.2) is 9.18 Å². The van der Waals surface area contributed by atoms with Crippen LogP contribution in [0.25, 0.3) is 0 Å². The molecule has 96 valence electrons. The van der Waals surface area contributed by atoms with E-state index in [2.05, 4.69) is 0 Å². The lowest BCUT2D eigenvalue weighted by Gasteiger charge is -2.19. The number of carboxylic acid groups (broad SMARTS) is 1. The molecule has 1 atom stereocenters. The third-order valence-corrected chi connectivity index (χ3v) is 2.71. The summed E-state index contributed by atoms with van der Waals surface area (Å²) >= 11 is 0. The second-order valence-electron chi connectivity index (χ2n) is 4.45. The summed E-state index contributed by atoms with van der Waals surface area (Å²) in [5, 5.41) is 8.76. The zero-order valence-corrected chi connectivity index (χ0v) is 9.72. The first-order valence-corrected chi connectivity index (χ1v) is 5.37. The van der Waals surface area contributed by atoms with E-state index in [9.17, 15) is 14.0 Å². The van der Waals surface area contributed by atoms with Crippen LogP contribution in [-0.2, 0) is 9.53 Å². The Morgan fingerprint density at radius 2 is 2.11 bits per heavy atom. The van der Waals surface area contributed by atoms with Gasteiger partial charge >= 0.3 is 12.1 Å². The lowest BCUT2D eigenvalue weighted by molar-refractivity contribution is -0.140. The third-order valence-electron chi connectivity index (χ3n) is 2.71. The van der Waals surface area contributed by atoms with Crippen LogP contribution in [0, 0.1) is 5.82 Å². The minimum Gasteiger partial charge on any atom is -0.481 e. The fourth-order valence-electron chi connectivity index (χ4n) is 1.93. The first kappa shape index (κ1) is 12.3. The number of aliphatic carboxylic acids is 1. The number of halogens is 1. The van der Waals surface area contributed by atoms with Crippen LogP contribution in [0.5, 0.6) is 0 Å². The number of cyclic esters (lactones) is 1. The van der Waals surface area contributed by atoms with Gasteiger partial charge in [-0.15, -0.1) is 0 Å². The molecular weight excluding hydrogens is 241 g/mol. The van der Waals surface area contributed by atoms with E-state index in [0.29, 0.717) is 5.69 Å². The number of carbonyl (C=O) groups excluding carboxylic acids is 1. The molecule has 5 nitrogen and oxygen atoms in total. The van der Waals surface area contributed by atoms with Crippen LogP contribution in [-0.4, -0.2) is 29.3 Å². The van der Waals surface area contributed by atoms with Crippen molar-refractivity contribution in [3.8, 4) is 0 Å². The average Bonchev–Trinajstić information content (AvgIpc) is 2.54. The minimum atomic E-state index is -1.06. The zero-order chi connectivity index (χ0) is 13.3. The predicted molar refractivity (Wildman–Crippen MR) is 60.9 cm³/mol. The van der Waals surface area contributed by atoms with E-state index in [0.717, 1.165) is 0 Å². The number of anilines is 1. The summed E-state index contributed by atoms with van der Waals surface area (Å²) in [6, 6.07) is 5.36. The molecular formula is C12H12FNO4. The SMILES string of the molecule is CC1(CC(=O)O)CN(c2ccc(F)cc2)C(=O)O1. The molecule has 0 radical (unpaired) electrons. The van der Waals surface area contributed by atoms with Gasteiger partial charge in [0.15, 0.2) is 0 Å². The molecule has 1 N–H and O–H groups in total. The number of amides is 1. The molecule has 0 spiro atoms. The zero-order valence-electron chi connectivity index (χ0n) is 9.72. The van der Waals surface area contributed by atoms with Crippen molar-refractivity contribution in [2.75, 3.05) is 11.4 Å². The smallest absolute Gasteiger partial charge is 0.415 e. The minimum absolute atomic E-state index is 0.129. The summed E-state index contributed by atoms with van der Waals surface area (Å²) in [4.78, 5) is 23.7. The molecule has 1 aliphatic rings. The Morgan fingerprint density at radius 3 is 2.67 bits per heavy atom. The molecule has 1 amide bonds. The second-order valence-corrected chi connectivity index (χ2v) is 4.45. The van der Waals surface area contributed by atoms with Gasteiger partial charge in [0.1, 0.15) is 11.4 Å². The van der Waals surface area contributed by atoms with Crippen molar-refractivity contribution in [3.63, 3.8) is 0 Å². The maximum absolute atomic E-state index is 12.8. The molecule has 6 heteroatoms. The number of hydrogen-bond acceptors (Lipinski definition) is 3. The van der Waals surface area contributed by atoms with Crippen LogP contribution < -0.4 is 4.90 Å². The van der Waals surface area contributed by atoms with E-state index in [1.165, 1.54) is 29.2 Å². The third kappa shape index (κ3) is 2.42. The molecule has 0 aromatic heterocycles. The number of rotatable bonds is 3. The van der Waals surface area contributed by atoms with Crippen LogP contribution in [0.4, 0.5) is 14.9 Å². The van der Waals surface area contributed by atoms with E-state index in [4.69, 9.17) is 9.84 Å². The summed E-state index contributed by atoms with van der Waals surface area (Å²) in [7, 11) is 0. The van der Waals surface area contributed by atoms with Crippen molar-refractivity contribution in [1.29, 1.82) is 0 Å². The highest BCUT2D eigenvalue weighted by atomic mass is 19.1. The normalized spacial score (nSPS) is 23.0. The van der Waals surface area contributed by atoms with Crippen molar-refractivity contribution in [1.82, 2.24) is 0 Å². The Morgan fingerprint density at radius 1 is 1.50 bits per heavy atom. The summed E-state index contributed by atoms with van der Waals surface area (Å²) < 4.78 is 17.9. The van der Waals surface area contributed by atoms with Crippen molar-refractivity contribution in [3.05, 3.63) is 30.1 Å². The molecule has 1 aromatic carbocycles. The van der Waals surface area contributed by atoms with E-state index < -0.39 is 23.5 Å². The van der Waals surface area contributed by atoms with Gasteiger partial charge in [0.25, 0.3) is 0 Å². The van der Waals surface area contributed by atoms with Gasteiger partial charge in [-0.05, 0) is 31.2 Å². The second kappa shape index (κ2) is 4.29. The number of carboxylic acids is 1. The molecule has 1 fully saturated rings. The number of ether oxygens (including phenoxy) is 1. The Hall–Kier alpha value is -2.11. The maximum atomic E-state index is 12.8. The lowest BCUT2D eigenvalue weighted by Crippen LogP contribution is -2.33. The highest BCUT2D eigenvalue weighted by molar-refractivity contribution is 5.90. The van der Waals surface area contributed by atoms with Gasteiger partial charge in [0.2, 0.25) is 0 Å². The molecule has 1 aromatic rings. The molecule has 1 saturated heterocycles. The lowest BCUT2D eigenvalue weighted by atomic mass is 10.0. The Bertz CT molecular complexity index is 487. The van der Waals surface area contributed by atoms with Gasteiger partial charge < -0.3 is 9.84 Å². The molecule has 0 bridgehead atoms. The molecule has 1 unspecified atom stereocenters. The Labute approximate surface area is 103 Å². The summed E-state index contributed by atoms with van der Waals surface area (Å²) in [5.41, 5.74) is -0.576. The van der Waals surface area contributed by atoms with Crippen molar-refractivity contribution >= 4 is 17.7 Å². The summed E-state index contributed by atoms with van der Waals surface area (Å²) in [6.07, 6.45) is -0.887. The van der Waals surface area contributed by atoms with Crippen molar-refractivity contribution < 1.29 is 23.8 Å². The molecule has 1 heterocycles. The quantitative estimate of drug-likeness (QED) is 0.894. The summed E-state index contributed by atoms with van der Waals surface area (Å²) in [5.74, 6) is -1.44. The van der Waals surface area contributed by atoms with Gasteiger partial charge in [-0.1, -0.05) is 0 Å². The van der Waals surface area contributed by atoms with E-state index in [1.807, 2.05) is 0 Å². The maximum Gasteiger partial charge on any atom is 0.415 e. The highest BCUT2D eigenvalue weighted by Crippen LogP contribution is 2.30. The van der Waals surface area contributed by atoms with E-state index in [1.54, 1.807) is 6.92 Å². The first-order chi connectivity index (χ1) is 8.39. The van der Waals surface area contributed by atoms with Crippen LogP contribution in [0.15, 0.2) is 24.3 Å². The first-order valence-electron chi connectivity index (χ1n) is 5.37. The van der Waals surface area contributed by atoms with Crippen molar-refractivity contribution in [2.45, 2.75) is 18.9 Å². The Balaban J connectivity index is 2.19. The number of benzene rings is 1. The molecule has 0 saturated carbocycles. The fourth-order valence-corrected chi connectivity index (χ4v) is 1.93. The van der Waals surface area contributed by atoms with Gasteiger partial charge in [-0.2, -0.15) is 0 Å². The van der Waals surface area contributed by atoms with Crippen LogP contribution in [0.3, 0.4) is 0 Å². The van der Waals surface area contributed by atoms with Gasteiger partial charge in [-0.3, -0.25) is 9.69 Å². The van der Waals surface area contributed by atoms with Crippen LogP contribution in [0.1, 0.15) is 13.3 Å². The Kier molecular flexibility index (Phi) is 2.94. The molecule has 0 aliphatic carbocycles. The summed E-state index contributed by atoms with van der Waals surface area (Å²) in [6.45, 7) is 1.69. The molecule has 2 rings (SSSR count). The number of nitrogens with zero attached hydrogens (tertiary/aromatic N) is 1. The predicted octanol–water partition coefficient (Wildman–Crippen LogP) is 2.02. The van der Waals surface area contributed by atoms with Gasteiger partial charge in [0.05, 0.1) is 13.0 Å². The van der Waals surface area contributed by atoms with E-state index >= 15 is 0 Å². The van der Waals surface area contributed by atoms with Crippen molar-refractivity contribution in [2.24, 2.45) is 0 Å². The molecule has 1 aliphatic heterocycles. The van der Waals surface area contributed by atoms with Gasteiger partial charge in [0, 0.05) is 5.69 Å². The largest absolute Gasteiger partial charge is 0.481 e. The monoisotopic (exact) mass is 253 g/mol. The number of carbonyl (C=O) groups is 2. The fraction of sp³-hybridized carbons (Fsp3) is 0.333. The van der Waals surface area contributed by atoms with Crippen LogP contribution in [0.2, 0.25) is 0 Å². The number of hydrogen-bond donors (Lipinski definition) is 1. The van der Waals surface area contributed by atoms with Crippen LogP contribution >= 0.6 is 0 Å².